The molecule has 0 bridgehead atoms. The van der Waals surface area contributed by atoms with Crippen LogP contribution in [0.2, 0.25) is 0 Å². The third-order valence-electron chi connectivity index (χ3n) is 5.78. The fourth-order valence-electron chi connectivity index (χ4n) is 4.69. The Morgan fingerprint density at radius 2 is 1.79 bits per heavy atom. The van der Waals surface area contributed by atoms with E-state index < -0.39 is 23.9 Å². The Morgan fingerprint density at radius 1 is 1.04 bits per heavy atom. The van der Waals surface area contributed by atoms with Gasteiger partial charge in [0.15, 0.2) is 5.78 Å². The molecule has 140 valence electrons. The zero-order valence-corrected chi connectivity index (χ0v) is 16.5. The highest BCUT2D eigenvalue weighted by atomic mass is 79.9. The molecular formula is C21H16BrN3O3. The highest BCUT2D eigenvalue weighted by molar-refractivity contribution is 9.10. The average Bonchev–Trinajstić information content (AvgIpc) is 3.15. The molecule has 0 spiro atoms. The minimum absolute atomic E-state index is 0.161. The first-order valence-corrected chi connectivity index (χ1v) is 9.83. The monoisotopic (exact) mass is 437 g/mol. The van der Waals surface area contributed by atoms with E-state index in [1.807, 2.05) is 30.3 Å². The molecule has 0 saturated carbocycles. The molecule has 2 saturated heterocycles. The molecule has 2 fully saturated rings. The summed E-state index contributed by atoms with van der Waals surface area (Å²) in [6.07, 6.45) is 1.70. The summed E-state index contributed by atoms with van der Waals surface area (Å²) in [4.78, 5) is 40.5. The van der Waals surface area contributed by atoms with E-state index in [9.17, 15) is 14.4 Å². The standard InChI is InChI=1S/C21H16BrN3O3/c1-11(26)18-16-17(19-15-8-3-2-5-12(15)10-23-25(18)19)21(28)24(20(16)27)14-7-4-6-13(22)9-14/h2-10,16-19H,1H3/t16-,17-,18-,19+/m1/s1. The number of carbonyl (C=O) groups excluding carboxylic acids is 3. The lowest BCUT2D eigenvalue weighted by Gasteiger charge is -2.33. The number of imide groups is 1. The van der Waals surface area contributed by atoms with E-state index in [1.165, 1.54) is 11.8 Å². The summed E-state index contributed by atoms with van der Waals surface area (Å²) in [6, 6.07) is 13.6. The maximum atomic E-state index is 13.4. The number of fused-ring (bicyclic) bond motifs is 5. The van der Waals surface area contributed by atoms with Crippen LogP contribution < -0.4 is 4.90 Å². The number of hydrogen-bond acceptors (Lipinski definition) is 5. The fraction of sp³-hybridized carbons (Fsp3) is 0.238. The molecule has 3 aliphatic heterocycles. The van der Waals surface area contributed by atoms with Crippen LogP contribution >= 0.6 is 15.9 Å². The number of anilines is 1. The molecule has 0 N–H and O–H groups in total. The van der Waals surface area contributed by atoms with Gasteiger partial charge < -0.3 is 0 Å². The van der Waals surface area contributed by atoms with Crippen LogP contribution in [0.25, 0.3) is 0 Å². The third-order valence-corrected chi connectivity index (χ3v) is 6.27. The van der Waals surface area contributed by atoms with Crippen molar-refractivity contribution < 1.29 is 14.4 Å². The summed E-state index contributed by atoms with van der Waals surface area (Å²) in [5, 5.41) is 6.12. The molecule has 2 aromatic rings. The minimum Gasteiger partial charge on any atom is -0.298 e. The van der Waals surface area contributed by atoms with Crippen LogP contribution in [0.4, 0.5) is 5.69 Å². The molecule has 0 unspecified atom stereocenters. The Morgan fingerprint density at radius 3 is 2.54 bits per heavy atom. The fourth-order valence-corrected chi connectivity index (χ4v) is 5.08. The second kappa shape index (κ2) is 6.10. The van der Waals surface area contributed by atoms with Crippen molar-refractivity contribution >= 4 is 45.4 Å². The van der Waals surface area contributed by atoms with Crippen LogP contribution in [0.1, 0.15) is 24.1 Å². The third kappa shape index (κ3) is 2.26. The summed E-state index contributed by atoms with van der Waals surface area (Å²) >= 11 is 3.39. The van der Waals surface area contributed by atoms with E-state index in [0.717, 1.165) is 15.6 Å². The predicted molar refractivity (Wildman–Crippen MR) is 107 cm³/mol. The van der Waals surface area contributed by atoms with E-state index in [-0.39, 0.29) is 17.6 Å². The van der Waals surface area contributed by atoms with Crippen LogP contribution in [-0.4, -0.2) is 34.9 Å². The lowest BCUT2D eigenvalue weighted by molar-refractivity contribution is -0.129. The number of rotatable bonds is 2. The van der Waals surface area contributed by atoms with Gasteiger partial charge in [-0.15, -0.1) is 0 Å². The van der Waals surface area contributed by atoms with Gasteiger partial charge in [0.25, 0.3) is 0 Å². The largest absolute Gasteiger partial charge is 0.298 e. The number of hydrazone groups is 1. The first-order valence-electron chi connectivity index (χ1n) is 9.04. The summed E-state index contributed by atoms with van der Waals surface area (Å²) < 4.78 is 0.778. The van der Waals surface area contributed by atoms with Gasteiger partial charge in [-0.3, -0.25) is 19.4 Å². The Kier molecular flexibility index (Phi) is 3.77. The highest BCUT2D eigenvalue weighted by Gasteiger charge is 2.64. The van der Waals surface area contributed by atoms with Gasteiger partial charge in [-0.1, -0.05) is 46.3 Å². The topological polar surface area (TPSA) is 70.0 Å². The molecule has 2 aromatic carbocycles. The van der Waals surface area contributed by atoms with Gasteiger partial charge in [-0.2, -0.15) is 5.10 Å². The van der Waals surface area contributed by atoms with Gasteiger partial charge in [0.05, 0.1) is 29.8 Å². The van der Waals surface area contributed by atoms with Gasteiger partial charge in [0.2, 0.25) is 11.8 Å². The Bertz CT molecular complexity index is 1070. The quantitative estimate of drug-likeness (QED) is 0.677. The number of hydrogen-bond donors (Lipinski definition) is 0. The number of benzene rings is 2. The van der Waals surface area contributed by atoms with E-state index in [4.69, 9.17) is 0 Å². The van der Waals surface area contributed by atoms with Crippen molar-refractivity contribution in [2.24, 2.45) is 16.9 Å². The van der Waals surface area contributed by atoms with E-state index >= 15 is 0 Å². The second-order valence-corrected chi connectivity index (χ2v) is 8.21. The average molecular weight is 438 g/mol. The van der Waals surface area contributed by atoms with E-state index in [1.54, 1.807) is 29.4 Å². The van der Waals surface area contributed by atoms with Crippen molar-refractivity contribution in [3.05, 3.63) is 64.1 Å². The first kappa shape index (κ1) is 17.3. The Labute approximate surface area is 169 Å². The van der Waals surface area contributed by atoms with Gasteiger partial charge in [-0.05, 0) is 36.2 Å². The van der Waals surface area contributed by atoms with Crippen LogP contribution in [0.5, 0.6) is 0 Å². The van der Waals surface area contributed by atoms with Crippen LogP contribution in [-0.2, 0) is 14.4 Å². The lowest BCUT2D eigenvalue weighted by Crippen LogP contribution is -2.43. The molecule has 0 radical (unpaired) electrons. The zero-order chi connectivity index (χ0) is 19.6. The van der Waals surface area contributed by atoms with Crippen molar-refractivity contribution in [2.45, 2.75) is 19.0 Å². The predicted octanol–water partition coefficient (Wildman–Crippen LogP) is 2.92. The molecule has 7 heteroatoms. The van der Waals surface area contributed by atoms with Crippen molar-refractivity contribution in [2.75, 3.05) is 4.90 Å². The molecule has 4 atom stereocenters. The number of amides is 2. The van der Waals surface area contributed by atoms with Crippen LogP contribution in [0.3, 0.4) is 0 Å². The Hall–Kier alpha value is -2.80. The molecule has 3 aliphatic rings. The zero-order valence-electron chi connectivity index (χ0n) is 14.9. The van der Waals surface area contributed by atoms with Gasteiger partial charge in [0, 0.05) is 4.47 Å². The van der Waals surface area contributed by atoms with E-state index in [2.05, 4.69) is 21.0 Å². The number of nitrogens with zero attached hydrogens (tertiary/aromatic N) is 3. The maximum Gasteiger partial charge on any atom is 0.240 e. The molecule has 0 aromatic heterocycles. The van der Waals surface area contributed by atoms with Crippen molar-refractivity contribution in [1.82, 2.24) is 5.01 Å². The Balaban J connectivity index is 1.66. The summed E-state index contributed by atoms with van der Waals surface area (Å²) in [7, 11) is 0. The molecule has 2 amide bonds. The molecule has 28 heavy (non-hydrogen) atoms. The lowest BCUT2D eigenvalue weighted by atomic mass is 9.84. The highest BCUT2D eigenvalue weighted by Crippen LogP contribution is 2.52. The van der Waals surface area contributed by atoms with Crippen molar-refractivity contribution in [3.63, 3.8) is 0 Å². The van der Waals surface area contributed by atoms with Gasteiger partial charge >= 0.3 is 0 Å². The maximum absolute atomic E-state index is 13.4. The SMILES string of the molecule is CC(=O)[C@@H]1[C@@H]2C(=O)N(c3cccc(Br)c3)C(=O)[C@H]2[C@@H]2c3ccccc3C=NN12. The second-order valence-electron chi connectivity index (χ2n) is 7.30. The van der Waals surface area contributed by atoms with Crippen molar-refractivity contribution in [1.29, 1.82) is 0 Å². The number of Topliss-reactive ketones (excluding diaryl/α,β-unsaturated/α-hetero) is 1. The first-order chi connectivity index (χ1) is 13.5. The molecule has 3 heterocycles. The summed E-state index contributed by atoms with van der Waals surface area (Å²) in [6.45, 7) is 1.46. The molecule has 6 nitrogen and oxygen atoms in total. The van der Waals surface area contributed by atoms with E-state index in [0.29, 0.717) is 5.69 Å². The van der Waals surface area contributed by atoms with Gasteiger partial charge in [-0.25, -0.2) is 4.90 Å². The minimum atomic E-state index is -0.742. The summed E-state index contributed by atoms with van der Waals surface area (Å²) in [5.41, 5.74) is 2.35. The van der Waals surface area contributed by atoms with Crippen LogP contribution in [0.15, 0.2) is 58.1 Å². The molecular weight excluding hydrogens is 422 g/mol. The number of halogens is 1. The van der Waals surface area contributed by atoms with Gasteiger partial charge in [0.1, 0.15) is 6.04 Å². The van der Waals surface area contributed by atoms with Crippen LogP contribution in [0, 0.1) is 11.8 Å². The number of carbonyl (C=O) groups is 3. The molecule has 0 aliphatic carbocycles. The number of ketones is 1. The smallest absolute Gasteiger partial charge is 0.240 e. The van der Waals surface area contributed by atoms with Crippen molar-refractivity contribution in [3.8, 4) is 0 Å². The normalized spacial score (nSPS) is 27.6. The summed E-state index contributed by atoms with van der Waals surface area (Å²) in [5.74, 6) is -2.16. The molecule has 5 rings (SSSR count).